The average molecular weight is 377 g/mol. The van der Waals surface area contributed by atoms with Crippen molar-refractivity contribution in [3.8, 4) is 22.9 Å². The molecule has 0 aliphatic carbocycles. The van der Waals surface area contributed by atoms with E-state index in [1.807, 2.05) is 58.2 Å². The molecule has 0 N–H and O–H groups in total. The van der Waals surface area contributed by atoms with E-state index in [9.17, 15) is 4.79 Å². The van der Waals surface area contributed by atoms with E-state index in [2.05, 4.69) is 10.1 Å². The zero-order valence-electron chi connectivity index (χ0n) is 16.7. The summed E-state index contributed by atoms with van der Waals surface area (Å²) < 4.78 is 13.2. The molecule has 0 saturated heterocycles. The Labute approximate surface area is 164 Å². The first-order valence-electron chi connectivity index (χ1n) is 8.94. The Hall–Kier alpha value is -3.37. The van der Waals surface area contributed by atoms with Crippen LogP contribution in [0.2, 0.25) is 0 Å². The molecule has 0 bridgehead atoms. The summed E-state index contributed by atoms with van der Waals surface area (Å²) in [7, 11) is 3.51. The highest BCUT2D eigenvalue weighted by Crippen LogP contribution is 2.32. The van der Waals surface area contributed by atoms with E-state index in [0.717, 1.165) is 45.1 Å². The molecular formula is C22H23N3O3. The van der Waals surface area contributed by atoms with Crippen LogP contribution in [0.25, 0.3) is 11.3 Å². The molecule has 0 amide bonds. The van der Waals surface area contributed by atoms with Gasteiger partial charge in [-0.25, -0.2) is 9.48 Å². The average Bonchev–Trinajstić information content (AvgIpc) is 2.96. The number of benzene rings is 2. The quantitative estimate of drug-likeness (QED) is 0.466. The molecule has 3 rings (SSSR count). The lowest BCUT2D eigenvalue weighted by Gasteiger charge is -2.13. The third-order valence-electron chi connectivity index (χ3n) is 4.79. The lowest BCUT2D eigenvalue weighted by atomic mass is 10.1. The van der Waals surface area contributed by atoms with Crippen LogP contribution in [0.5, 0.6) is 11.6 Å². The topological polar surface area (TPSA) is 65.7 Å². The summed E-state index contributed by atoms with van der Waals surface area (Å²) >= 11 is 0. The van der Waals surface area contributed by atoms with E-state index in [1.165, 1.54) is 0 Å². The summed E-state index contributed by atoms with van der Waals surface area (Å²) in [6.45, 7) is 6.28. The van der Waals surface area contributed by atoms with Crippen molar-refractivity contribution < 1.29 is 14.3 Å². The highest BCUT2D eigenvalue weighted by Gasteiger charge is 2.15. The van der Waals surface area contributed by atoms with Gasteiger partial charge in [0.15, 0.2) is 0 Å². The van der Waals surface area contributed by atoms with Gasteiger partial charge in [0.25, 0.3) is 0 Å². The highest BCUT2D eigenvalue weighted by molar-refractivity contribution is 5.67. The maximum Gasteiger partial charge on any atom is 0.240 e. The molecule has 3 aromatic rings. The van der Waals surface area contributed by atoms with Gasteiger partial charge in [-0.3, -0.25) is 0 Å². The van der Waals surface area contributed by atoms with Gasteiger partial charge in [0.1, 0.15) is 12.4 Å². The smallest absolute Gasteiger partial charge is 0.240 e. The number of isocyanates is 1. The number of aliphatic imine (C=N–C) groups is 1. The van der Waals surface area contributed by atoms with E-state index in [1.54, 1.807) is 23.9 Å². The molecule has 0 aliphatic heterocycles. The summed E-state index contributed by atoms with van der Waals surface area (Å²) in [5.74, 6) is 1.52. The van der Waals surface area contributed by atoms with Gasteiger partial charge in [0.05, 0.1) is 18.5 Å². The number of aryl methyl sites for hydroxylation is 3. The second kappa shape index (κ2) is 8.11. The second-order valence-corrected chi connectivity index (χ2v) is 6.65. The predicted molar refractivity (Wildman–Crippen MR) is 108 cm³/mol. The van der Waals surface area contributed by atoms with Crippen LogP contribution in [-0.4, -0.2) is 23.0 Å². The summed E-state index contributed by atoms with van der Waals surface area (Å²) in [6, 6.07) is 11.6. The molecule has 28 heavy (non-hydrogen) atoms. The van der Waals surface area contributed by atoms with Crippen molar-refractivity contribution in [1.82, 2.24) is 9.78 Å². The summed E-state index contributed by atoms with van der Waals surface area (Å²) in [6.07, 6.45) is 1.60. The third kappa shape index (κ3) is 3.68. The van der Waals surface area contributed by atoms with Gasteiger partial charge in [-0.1, -0.05) is 12.1 Å². The molecule has 0 aliphatic rings. The maximum absolute atomic E-state index is 10.7. The monoisotopic (exact) mass is 377 g/mol. The SMILES string of the molecule is COc1c(C)c(-c2ccc(OCc3c(C)cccc3N=C=O)c(C)c2)nn1C. The van der Waals surface area contributed by atoms with Crippen LogP contribution in [0, 0.1) is 20.8 Å². The zero-order chi connectivity index (χ0) is 20.3. The standard InChI is InChI=1S/C22H23N3O3/c1-14-7-6-8-19(23-13-26)18(14)12-28-20-10-9-17(11-15(20)2)21-16(3)22(27-5)25(4)24-21/h6-11H,12H2,1-5H3. The Morgan fingerprint density at radius 3 is 2.57 bits per heavy atom. The van der Waals surface area contributed by atoms with Crippen LogP contribution >= 0.6 is 0 Å². The first-order chi connectivity index (χ1) is 13.5. The predicted octanol–water partition coefficient (Wildman–Crippen LogP) is 4.57. The Morgan fingerprint density at radius 2 is 1.93 bits per heavy atom. The number of methoxy groups -OCH3 is 1. The molecule has 0 unspecified atom stereocenters. The molecular weight excluding hydrogens is 354 g/mol. The van der Waals surface area contributed by atoms with Crippen LogP contribution in [0.4, 0.5) is 5.69 Å². The van der Waals surface area contributed by atoms with Gasteiger partial charge in [0, 0.05) is 23.7 Å². The third-order valence-corrected chi connectivity index (χ3v) is 4.79. The normalized spacial score (nSPS) is 10.5. The van der Waals surface area contributed by atoms with Crippen LogP contribution in [0.15, 0.2) is 41.4 Å². The lowest BCUT2D eigenvalue weighted by molar-refractivity contribution is 0.304. The Balaban J connectivity index is 1.86. The molecule has 6 nitrogen and oxygen atoms in total. The number of ether oxygens (including phenoxy) is 2. The summed E-state index contributed by atoms with van der Waals surface area (Å²) in [4.78, 5) is 14.4. The molecule has 0 fully saturated rings. The van der Waals surface area contributed by atoms with Gasteiger partial charge in [-0.15, -0.1) is 0 Å². The zero-order valence-corrected chi connectivity index (χ0v) is 16.7. The van der Waals surface area contributed by atoms with E-state index < -0.39 is 0 Å². The molecule has 1 heterocycles. The first kappa shape index (κ1) is 19.4. The lowest BCUT2D eigenvalue weighted by Crippen LogP contribution is -2.00. The molecule has 2 aromatic carbocycles. The molecule has 0 saturated carbocycles. The highest BCUT2D eigenvalue weighted by atomic mass is 16.5. The van der Waals surface area contributed by atoms with Crippen molar-refractivity contribution in [2.24, 2.45) is 12.0 Å². The van der Waals surface area contributed by atoms with Crippen molar-refractivity contribution in [1.29, 1.82) is 0 Å². The van der Waals surface area contributed by atoms with Gasteiger partial charge >= 0.3 is 0 Å². The van der Waals surface area contributed by atoms with Crippen molar-refractivity contribution in [2.45, 2.75) is 27.4 Å². The van der Waals surface area contributed by atoms with Crippen molar-refractivity contribution in [3.05, 3.63) is 58.7 Å². The largest absolute Gasteiger partial charge is 0.489 e. The minimum atomic E-state index is 0.323. The van der Waals surface area contributed by atoms with Crippen molar-refractivity contribution >= 4 is 11.8 Å². The first-order valence-corrected chi connectivity index (χ1v) is 8.94. The number of carbonyl (C=O) groups excluding carboxylic acids is 1. The summed E-state index contributed by atoms with van der Waals surface area (Å²) in [5.41, 5.74) is 6.35. The Bertz CT molecular complexity index is 1060. The Kier molecular flexibility index (Phi) is 5.62. The number of aromatic nitrogens is 2. The second-order valence-electron chi connectivity index (χ2n) is 6.65. The molecule has 1 aromatic heterocycles. The fourth-order valence-corrected chi connectivity index (χ4v) is 3.31. The maximum atomic E-state index is 10.7. The minimum Gasteiger partial charge on any atom is -0.489 e. The fourth-order valence-electron chi connectivity index (χ4n) is 3.31. The Morgan fingerprint density at radius 1 is 1.14 bits per heavy atom. The van der Waals surface area contributed by atoms with Crippen molar-refractivity contribution in [3.63, 3.8) is 0 Å². The van der Waals surface area contributed by atoms with Gasteiger partial charge in [-0.2, -0.15) is 10.1 Å². The fraction of sp³-hybridized carbons (Fsp3) is 0.273. The minimum absolute atomic E-state index is 0.323. The van der Waals surface area contributed by atoms with Crippen LogP contribution in [0.3, 0.4) is 0 Å². The van der Waals surface area contributed by atoms with Crippen LogP contribution in [0.1, 0.15) is 22.3 Å². The number of nitrogens with zero attached hydrogens (tertiary/aromatic N) is 3. The molecule has 0 radical (unpaired) electrons. The van der Waals surface area contributed by atoms with Gasteiger partial charge in [0.2, 0.25) is 12.0 Å². The van der Waals surface area contributed by atoms with E-state index in [4.69, 9.17) is 9.47 Å². The molecule has 144 valence electrons. The van der Waals surface area contributed by atoms with Gasteiger partial charge in [-0.05, 0) is 56.2 Å². The molecule has 6 heteroatoms. The van der Waals surface area contributed by atoms with E-state index >= 15 is 0 Å². The summed E-state index contributed by atoms with van der Waals surface area (Å²) in [5, 5.41) is 4.56. The number of hydrogen-bond donors (Lipinski definition) is 0. The number of hydrogen-bond acceptors (Lipinski definition) is 5. The number of rotatable bonds is 6. The van der Waals surface area contributed by atoms with Gasteiger partial charge < -0.3 is 9.47 Å². The van der Waals surface area contributed by atoms with E-state index in [-0.39, 0.29) is 0 Å². The van der Waals surface area contributed by atoms with Crippen LogP contribution in [-0.2, 0) is 18.4 Å². The molecule has 0 spiro atoms. The molecule has 0 atom stereocenters. The van der Waals surface area contributed by atoms with E-state index in [0.29, 0.717) is 12.3 Å². The van der Waals surface area contributed by atoms with Crippen LogP contribution < -0.4 is 9.47 Å². The van der Waals surface area contributed by atoms with Crippen molar-refractivity contribution in [2.75, 3.05) is 7.11 Å².